The Bertz CT molecular complexity index is 1220. The summed E-state index contributed by atoms with van der Waals surface area (Å²) in [6, 6.07) is 16.2. The SMILES string of the molecule is CN1CCC(CNC(=O)c2ccc(N/C=C(\N=N)c3cc4ccccc4[nH]c3=O)cc2)CC1. The number of hydrogen-bond acceptors (Lipinski definition) is 6. The van der Waals surface area contributed by atoms with Crippen LogP contribution in [-0.4, -0.2) is 42.5 Å². The highest BCUT2D eigenvalue weighted by Gasteiger charge is 2.17. The van der Waals surface area contributed by atoms with Gasteiger partial charge in [0.05, 0.1) is 5.56 Å². The molecule has 0 radical (unpaired) electrons. The highest BCUT2D eigenvalue weighted by Crippen LogP contribution is 2.19. The highest BCUT2D eigenvalue weighted by atomic mass is 16.1. The number of aromatic nitrogens is 1. The number of anilines is 1. The Kier molecular flexibility index (Phi) is 6.95. The molecule has 0 aliphatic carbocycles. The van der Waals surface area contributed by atoms with Crippen LogP contribution in [0.1, 0.15) is 28.8 Å². The fourth-order valence-corrected chi connectivity index (χ4v) is 3.98. The summed E-state index contributed by atoms with van der Waals surface area (Å²) in [6.45, 7) is 2.85. The zero-order chi connectivity index (χ0) is 23.2. The molecule has 0 bridgehead atoms. The van der Waals surface area contributed by atoms with E-state index in [4.69, 9.17) is 5.53 Å². The van der Waals surface area contributed by atoms with E-state index < -0.39 is 0 Å². The summed E-state index contributed by atoms with van der Waals surface area (Å²) in [7, 11) is 2.13. The van der Waals surface area contributed by atoms with E-state index >= 15 is 0 Å². The fraction of sp³-hybridized carbons (Fsp3) is 0.280. The minimum atomic E-state index is -0.311. The molecule has 1 aliphatic heterocycles. The van der Waals surface area contributed by atoms with Gasteiger partial charge in [-0.1, -0.05) is 18.2 Å². The molecule has 1 amide bonds. The van der Waals surface area contributed by atoms with E-state index in [1.54, 1.807) is 30.3 Å². The third kappa shape index (κ3) is 5.53. The Morgan fingerprint density at radius 3 is 2.64 bits per heavy atom. The number of carbonyl (C=O) groups excluding carboxylic acids is 1. The van der Waals surface area contributed by atoms with Gasteiger partial charge in [-0.05, 0) is 80.7 Å². The molecule has 1 aliphatic rings. The number of para-hydroxylation sites is 1. The summed E-state index contributed by atoms with van der Waals surface area (Å²) in [5.74, 6) is 0.446. The van der Waals surface area contributed by atoms with Crippen molar-refractivity contribution in [2.75, 3.05) is 32.0 Å². The first-order valence-corrected chi connectivity index (χ1v) is 11.1. The number of pyridine rings is 1. The first-order valence-electron chi connectivity index (χ1n) is 11.1. The number of likely N-dealkylation sites (tertiary alicyclic amines) is 1. The first-order chi connectivity index (χ1) is 16.0. The molecule has 4 rings (SSSR count). The minimum Gasteiger partial charge on any atom is -0.360 e. The maximum absolute atomic E-state index is 12.5. The van der Waals surface area contributed by atoms with Gasteiger partial charge in [0.1, 0.15) is 5.70 Å². The molecule has 8 nitrogen and oxygen atoms in total. The summed E-state index contributed by atoms with van der Waals surface area (Å²) < 4.78 is 0. The number of fused-ring (bicyclic) bond motifs is 1. The average molecular weight is 445 g/mol. The minimum absolute atomic E-state index is 0.0828. The van der Waals surface area contributed by atoms with Crippen LogP contribution in [0.5, 0.6) is 0 Å². The number of benzene rings is 2. The van der Waals surface area contributed by atoms with E-state index in [1.165, 1.54) is 6.20 Å². The second-order valence-corrected chi connectivity index (χ2v) is 8.42. The van der Waals surface area contributed by atoms with Crippen molar-refractivity contribution in [3.8, 4) is 0 Å². The van der Waals surface area contributed by atoms with Crippen molar-refractivity contribution in [3.05, 3.63) is 82.3 Å². The molecule has 2 heterocycles. The summed E-state index contributed by atoms with van der Waals surface area (Å²) in [5, 5.41) is 10.5. The van der Waals surface area contributed by atoms with E-state index in [9.17, 15) is 9.59 Å². The third-order valence-electron chi connectivity index (χ3n) is 6.06. The van der Waals surface area contributed by atoms with Crippen LogP contribution in [0.4, 0.5) is 5.69 Å². The third-order valence-corrected chi connectivity index (χ3v) is 6.06. The van der Waals surface area contributed by atoms with Gasteiger partial charge in [-0.3, -0.25) is 9.59 Å². The topological polar surface area (TPSA) is 113 Å². The van der Waals surface area contributed by atoms with Crippen molar-refractivity contribution in [1.82, 2.24) is 15.2 Å². The second-order valence-electron chi connectivity index (χ2n) is 8.42. The lowest BCUT2D eigenvalue weighted by molar-refractivity contribution is 0.0939. The van der Waals surface area contributed by atoms with Crippen LogP contribution in [0.25, 0.3) is 16.6 Å². The van der Waals surface area contributed by atoms with Crippen molar-refractivity contribution >= 4 is 28.2 Å². The van der Waals surface area contributed by atoms with Crippen LogP contribution in [0.15, 0.2) is 70.7 Å². The van der Waals surface area contributed by atoms with Gasteiger partial charge in [0.25, 0.3) is 11.5 Å². The number of piperidine rings is 1. The molecule has 0 saturated carbocycles. The molecular formula is C25H28N6O2. The van der Waals surface area contributed by atoms with Gasteiger partial charge in [0.2, 0.25) is 0 Å². The maximum atomic E-state index is 12.5. The van der Waals surface area contributed by atoms with Gasteiger partial charge in [-0.2, -0.15) is 5.11 Å². The number of amides is 1. The van der Waals surface area contributed by atoms with Gasteiger partial charge < -0.3 is 20.5 Å². The zero-order valence-electron chi connectivity index (χ0n) is 18.6. The van der Waals surface area contributed by atoms with E-state index in [-0.39, 0.29) is 17.2 Å². The van der Waals surface area contributed by atoms with Crippen LogP contribution in [0.3, 0.4) is 0 Å². The molecule has 1 fully saturated rings. The van der Waals surface area contributed by atoms with Crippen LogP contribution in [-0.2, 0) is 0 Å². The number of H-pyrrole nitrogens is 1. The number of rotatable bonds is 7. The predicted octanol–water partition coefficient (Wildman–Crippen LogP) is 4.04. The van der Waals surface area contributed by atoms with Crippen molar-refractivity contribution in [3.63, 3.8) is 0 Å². The highest BCUT2D eigenvalue weighted by molar-refractivity contribution is 5.94. The Labute approximate surface area is 192 Å². The van der Waals surface area contributed by atoms with Gasteiger partial charge in [0, 0.05) is 29.5 Å². The lowest BCUT2D eigenvalue weighted by atomic mass is 9.97. The summed E-state index contributed by atoms with van der Waals surface area (Å²) in [4.78, 5) is 30.0. The largest absolute Gasteiger partial charge is 0.360 e. The van der Waals surface area contributed by atoms with E-state index in [0.717, 1.165) is 42.5 Å². The van der Waals surface area contributed by atoms with Gasteiger partial charge >= 0.3 is 0 Å². The molecule has 33 heavy (non-hydrogen) atoms. The average Bonchev–Trinajstić information content (AvgIpc) is 2.84. The number of carbonyl (C=O) groups is 1. The van der Waals surface area contributed by atoms with Crippen LogP contribution < -0.4 is 16.2 Å². The monoisotopic (exact) mass is 444 g/mol. The predicted molar refractivity (Wildman–Crippen MR) is 130 cm³/mol. The quantitative estimate of drug-likeness (QED) is 0.412. The van der Waals surface area contributed by atoms with Crippen LogP contribution in [0.2, 0.25) is 0 Å². The molecular weight excluding hydrogens is 416 g/mol. The van der Waals surface area contributed by atoms with Crippen molar-refractivity contribution < 1.29 is 4.79 Å². The van der Waals surface area contributed by atoms with Gasteiger partial charge in [-0.15, -0.1) is 0 Å². The zero-order valence-corrected chi connectivity index (χ0v) is 18.6. The van der Waals surface area contributed by atoms with Crippen LogP contribution in [0, 0.1) is 11.4 Å². The van der Waals surface area contributed by atoms with E-state index in [2.05, 4.69) is 32.7 Å². The number of aromatic amines is 1. The Morgan fingerprint density at radius 1 is 1.18 bits per heavy atom. The lowest BCUT2D eigenvalue weighted by Gasteiger charge is -2.28. The first kappa shape index (κ1) is 22.4. The van der Waals surface area contributed by atoms with Crippen molar-refractivity contribution in [2.45, 2.75) is 12.8 Å². The molecule has 4 N–H and O–H groups in total. The Hall–Kier alpha value is -3.78. The molecule has 1 saturated heterocycles. The molecule has 0 unspecified atom stereocenters. The molecule has 3 aromatic rings. The number of nitrogens with one attached hydrogen (secondary N) is 4. The fourth-order valence-electron chi connectivity index (χ4n) is 3.98. The molecule has 2 aromatic carbocycles. The Morgan fingerprint density at radius 2 is 1.91 bits per heavy atom. The van der Waals surface area contributed by atoms with E-state index in [1.807, 2.05) is 24.3 Å². The number of hydrogen-bond donors (Lipinski definition) is 4. The standard InChI is InChI=1S/C25H28N6O2/c1-31-12-10-17(11-13-31)15-28-24(32)18-6-8-20(9-7-18)27-16-23(30-26)21-14-19-4-2-3-5-22(19)29-25(21)33/h2-9,14,16-17,26-27H,10-13,15H2,1H3,(H,28,32)(H,29,33)/b23-16-,30-26?. The smallest absolute Gasteiger partial charge is 0.258 e. The molecule has 0 spiro atoms. The summed E-state index contributed by atoms with van der Waals surface area (Å²) in [5.41, 5.74) is 9.76. The molecule has 1 aromatic heterocycles. The number of nitrogens with zero attached hydrogens (tertiary/aromatic N) is 2. The van der Waals surface area contributed by atoms with Crippen molar-refractivity contribution in [2.24, 2.45) is 11.0 Å². The molecule has 0 atom stereocenters. The Balaban J connectivity index is 1.39. The molecule has 8 heteroatoms. The van der Waals surface area contributed by atoms with Crippen molar-refractivity contribution in [1.29, 1.82) is 5.53 Å². The van der Waals surface area contributed by atoms with E-state index in [0.29, 0.717) is 23.6 Å². The lowest BCUT2D eigenvalue weighted by Crippen LogP contribution is -2.36. The molecule has 170 valence electrons. The van der Waals surface area contributed by atoms with Gasteiger partial charge in [-0.25, -0.2) is 5.53 Å². The normalized spacial score (nSPS) is 15.4. The maximum Gasteiger partial charge on any atom is 0.258 e. The summed E-state index contributed by atoms with van der Waals surface area (Å²) in [6.07, 6.45) is 3.73. The second kappa shape index (κ2) is 10.2. The van der Waals surface area contributed by atoms with Gasteiger partial charge in [0.15, 0.2) is 0 Å². The summed E-state index contributed by atoms with van der Waals surface area (Å²) >= 11 is 0. The van der Waals surface area contributed by atoms with Crippen LogP contribution >= 0.6 is 0 Å².